The molecule has 13 rings (SSSR count). The van der Waals surface area contributed by atoms with Gasteiger partial charge in [-0.3, -0.25) is 28.8 Å². The maximum absolute atomic E-state index is 14.3. The monoisotopic (exact) mass is 1140 g/mol. The molecule has 434 valence electrons. The molecule has 5 heterocycles. The Bertz CT molecular complexity index is 3970. The molecule has 2 aliphatic heterocycles. The van der Waals surface area contributed by atoms with Crippen LogP contribution >= 0.6 is 0 Å². The summed E-state index contributed by atoms with van der Waals surface area (Å²) in [5.74, 6) is -1.50. The van der Waals surface area contributed by atoms with Crippen LogP contribution in [0.4, 0.5) is 22.7 Å². The van der Waals surface area contributed by atoms with Gasteiger partial charge in [0.1, 0.15) is 0 Å². The molecule has 0 unspecified atom stereocenters. The van der Waals surface area contributed by atoms with E-state index in [0.717, 1.165) is 36.8 Å². The zero-order valence-electron chi connectivity index (χ0n) is 50.2. The number of nitrogens with zero attached hydrogens (tertiary/aromatic N) is 2. The highest BCUT2D eigenvalue weighted by Gasteiger charge is 2.53. The van der Waals surface area contributed by atoms with Crippen molar-refractivity contribution in [1.29, 1.82) is 0 Å². The van der Waals surface area contributed by atoms with Gasteiger partial charge in [0.15, 0.2) is 11.6 Å². The number of benzene rings is 4. The summed E-state index contributed by atoms with van der Waals surface area (Å²) in [6.07, 6.45) is 10.7. The first-order valence-electron chi connectivity index (χ1n) is 29.7. The third kappa shape index (κ3) is 10.3. The third-order valence-corrected chi connectivity index (χ3v) is 18.9. The Labute approximate surface area is 499 Å². The number of anilines is 4. The van der Waals surface area contributed by atoms with Gasteiger partial charge in [0.2, 0.25) is 23.6 Å². The molecule has 6 aliphatic rings. The Hall–Kier alpha value is -9.30. The quantitative estimate of drug-likeness (QED) is 0.0576. The summed E-state index contributed by atoms with van der Waals surface area (Å²) in [5, 5.41) is 13.2. The van der Waals surface area contributed by atoms with Crippen molar-refractivity contribution < 1.29 is 28.8 Å². The minimum Gasteiger partial charge on any atom is -0.354 e. The van der Waals surface area contributed by atoms with Crippen molar-refractivity contribution >= 4 is 104 Å². The van der Waals surface area contributed by atoms with Gasteiger partial charge in [0.05, 0.1) is 45.5 Å². The molecule has 4 aliphatic carbocycles. The molecule has 14 nitrogen and oxygen atoms in total. The highest BCUT2D eigenvalue weighted by Crippen LogP contribution is 2.56. The molecular weight excluding hydrogens is 1070 g/mol. The summed E-state index contributed by atoms with van der Waals surface area (Å²) in [4.78, 5) is 102. The summed E-state index contributed by atoms with van der Waals surface area (Å²) >= 11 is 0. The molecule has 14 heteroatoms. The van der Waals surface area contributed by atoms with Crippen LogP contribution < -0.4 is 21.3 Å². The van der Waals surface area contributed by atoms with E-state index in [4.69, 9.17) is 9.97 Å². The Balaban J connectivity index is 1.14. The number of rotatable bonds is 14. The molecule has 0 saturated heterocycles. The van der Waals surface area contributed by atoms with E-state index in [1.807, 2.05) is 109 Å². The average Bonchev–Trinajstić information content (AvgIpc) is 4.36. The van der Waals surface area contributed by atoms with Gasteiger partial charge in [-0.1, -0.05) is 116 Å². The molecule has 86 heavy (non-hydrogen) atoms. The SMILES string of the molecule is CC(=O)c1ccc(-c2c3nc(c(-c4c(NC(=O)[C@H]5CC5(C)C)cccc4NC(=O)[C@@H]4CC4(C)C)c4ccc([nH]4)c(-c4ccc(C(C)=O)cc4)c4nc(c(-c5c(NC(=O)[C@H]6CC6(C)C)cccc5NC(=O)[C@@H]5CC5(C)C)c5ccc2[nH]5)C=C4)C=C3)cc1. The highest BCUT2D eigenvalue weighted by molar-refractivity contribution is 6.12. The zero-order chi connectivity index (χ0) is 60.5. The number of aromatic amines is 2. The molecule has 4 saturated carbocycles. The number of amides is 4. The van der Waals surface area contributed by atoms with Gasteiger partial charge >= 0.3 is 0 Å². The van der Waals surface area contributed by atoms with Crippen LogP contribution in [0.5, 0.6) is 0 Å². The maximum Gasteiger partial charge on any atom is 0.228 e. The van der Waals surface area contributed by atoms with E-state index in [0.29, 0.717) is 112 Å². The largest absolute Gasteiger partial charge is 0.354 e. The third-order valence-electron chi connectivity index (χ3n) is 18.9. The Morgan fingerprint density at radius 3 is 0.849 bits per heavy atom. The summed E-state index contributed by atoms with van der Waals surface area (Å²) in [5.41, 5.74) is 12.3. The van der Waals surface area contributed by atoms with Crippen LogP contribution in [0.3, 0.4) is 0 Å². The minimum absolute atomic E-state index is 0.0810. The second-order valence-corrected chi connectivity index (χ2v) is 27.2. The number of carbonyl (C=O) groups is 6. The minimum atomic E-state index is -0.213. The lowest BCUT2D eigenvalue weighted by atomic mass is 9.98. The van der Waals surface area contributed by atoms with Gasteiger partial charge in [0.25, 0.3) is 0 Å². The topological polar surface area (TPSA) is 208 Å². The number of hydrogen-bond donors (Lipinski definition) is 6. The fourth-order valence-corrected chi connectivity index (χ4v) is 12.7. The number of H-pyrrole nitrogens is 2. The highest BCUT2D eigenvalue weighted by atomic mass is 16.2. The molecule has 6 N–H and O–H groups in total. The number of aromatic nitrogens is 4. The van der Waals surface area contributed by atoms with Crippen LogP contribution in [-0.2, 0) is 19.2 Å². The first-order chi connectivity index (χ1) is 40.9. The van der Waals surface area contributed by atoms with Gasteiger partial charge in [-0.2, -0.15) is 0 Å². The molecule has 8 bridgehead atoms. The Kier molecular flexibility index (Phi) is 13.1. The molecule has 0 radical (unpaired) electrons. The lowest BCUT2D eigenvalue weighted by Crippen LogP contribution is -2.19. The normalized spacial score (nSPS) is 20.1. The van der Waals surface area contributed by atoms with Crippen molar-refractivity contribution in [2.24, 2.45) is 45.3 Å². The van der Waals surface area contributed by atoms with E-state index in [9.17, 15) is 28.8 Å². The fraction of sp³-hybridized carbons (Fsp3) is 0.306. The number of fused-ring (bicyclic) bond motifs is 8. The lowest BCUT2D eigenvalue weighted by molar-refractivity contribution is -0.118. The summed E-state index contributed by atoms with van der Waals surface area (Å²) in [7, 11) is 0. The molecule has 3 aromatic heterocycles. The molecule has 4 fully saturated rings. The van der Waals surface area contributed by atoms with Gasteiger partial charge in [-0.05, 0) is 145 Å². The van der Waals surface area contributed by atoms with Crippen LogP contribution in [0.25, 0.3) is 90.9 Å². The van der Waals surface area contributed by atoms with Gasteiger partial charge in [0, 0.05) is 90.2 Å². The summed E-state index contributed by atoms with van der Waals surface area (Å²) < 4.78 is 0. The molecule has 7 aromatic rings. The lowest BCUT2D eigenvalue weighted by Gasteiger charge is -2.18. The van der Waals surface area contributed by atoms with Crippen molar-refractivity contribution in [2.75, 3.05) is 21.3 Å². The van der Waals surface area contributed by atoms with E-state index in [1.54, 1.807) is 24.3 Å². The molecule has 0 spiro atoms. The number of nitrogens with one attached hydrogen (secondary N) is 6. The number of Topliss-reactive ketones (excluding diaryl/α,β-unsaturated/α-hetero) is 2. The van der Waals surface area contributed by atoms with Crippen molar-refractivity contribution in [2.45, 2.75) is 94.9 Å². The maximum atomic E-state index is 14.3. The Morgan fingerprint density at radius 1 is 0.360 bits per heavy atom. The van der Waals surface area contributed by atoms with Gasteiger partial charge < -0.3 is 31.2 Å². The zero-order valence-corrected chi connectivity index (χ0v) is 50.2. The number of ketones is 2. The summed E-state index contributed by atoms with van der Waals surface area (Å²) in [6, 6.07) is 33.9. The molecule has 4 atom stereocenters. The van der Waals surface area contributed by atoms with E-state index in [1.165, 1.54) is 13.8 Å². The summed E-state index contributed by atoms with van der Waals surface area (Å²) in [6.45, 7) is 19.7. The standard InChI is InChI=1S/C72H70N8O6/c1-37(81)39-17-21-41(22-18-39)59-51-25-29-55(73-51)63(61-47(77-65(83)43-33-69(43,3)4)13-11-14-48(61)78-66(84)44-34-70(44,5)6)57-31-27-53(75-57)60(42-23-19-40(20-24-42)38(2)82)54-28-32-58(76-54)64(56-30-26-52(59)74-56)62-49(79-67(85)45-35-71(45,7)8)15-12-16-50(62)80-68(86)46-36-72(46,9)10/h11-32,43-46,73,76H,33-36H2,1-10H3,(H,77,83)(H,78,84)(H,79,85)(H,80,86)/t43-,44+,45-,46+. The van der Waals surface area contributed by atoms with Crippen molar-refractivity contribution in [3.8, 4) is 44.5 Å². The van der Waals surface area contributed by atoms with Crippen LogP contribution in [0.15, 0.2) is 109 Å². The first-order valence-corrected chi connectivity index (χ1v) is 29.7. The smallest absolute Gasteiger partial charge is 0.228 e. The van der Waals surface area contributed by atoms with Crippen LogP contribution in [0.1, 0.15) is 138 Å². The predicted octanol–water partition coefficient (Wildman–Crippen LogP) is 15.7. The van der Waals surface area contributed by atoms with Crippen LogP contribution in [-0.4, -0.2) is 55.1 Å². The van der Waals surface area contributed by atoms with E-state index in [-0.39, 0.29) is 80.5 Å². The molecular formula is C72H70N8O6. The second-order valence-electron chi connectivity index (χ2n) is 27.2. The Morgan fingerprint density at radius 2 is 0.605 bits per heavy atom. The molecule has 4 amide bonds. The van der Waals surface area contributed by atoms with Crippen molar-refractivity contribution in [3.63, 3.8) is 0 Å². The second kappa shape index (κ2) is 20.2. The van der Waals surface area contributed by atoms with Crippen molar-refractivity contribution in [1.82, 2.24) is 19.9 Å². The van der Waals surface area contributed by atoms with Gasteiger partial charge in [-0.25, -0.2) is 9.97 Å². The van der Waals surface area contributed by atoms with Crippen molar-refractivity contribution in [3.05, 3.63) is 143 Å². The number of hydrogen-bond acceptors (Lipinski definition) is 8. The average molecular weight is 1140 g/mol. The fourth-order valence-electron chi connectivity index (χ4n) is 12.7. The van der Waals surface area contributed by atoms with E-state index >= 15 is 0 Å². The molecule has 4 aromatic carbocycles. The van der Waals surface area contributed by atoms with Crippen LogP contribution in [0.2, 0.25) is 0 Å². The first kappa shape index (κ1) is 55.9. The van der Waals surface area contributed by atoms with Crippen LogP contribution in [0, 0.1) is 45.3 Å². The predicted molar refractivity (Wildman–Crippen MR) is 343 cm³/mol. The van der Waals surface area contributed by atoms with Gasteiger partial charge in [-0.15, -0.1) is 0 Å². The number of carbonyl (C=O) groups excluding carboxylic acids is 6. The van der Waals surface area contributed by atoms with E-state index < -0.39 is 0 Å². The van der Waals surface area contributed by atoms with E-state index in [2.05, 4.69) is 86.6 Å².